The van der Waals surface area contributed by atoms with Crippen LogP contribution in [0.15, 0.2) is 35.3 Å². The highest BCUT2D eigenvalue weighted by Crippen LogP contribution is 2.29. The number of halogens is 1. The molecule has 1 aromatic rings. The van der Waals surface area contributed by atoms with Gasteiger partial charge in [-0.05, 0) is 36.6 Å². The second kappa shape index (κ2) is 6.43. The molecule has 1 unspecified atom stereocenters. The lowest BCUT2D eigenvalue weighted by atomic mass is 9.95. The fraction of sp³-hybridized carbons (Fsp3) is 0.375. The highest BCUT2D eigenvalue weighted by molar-refractivity contribution is 9.10. The molecule has 2 amide bonds. The molecule has 1 heterocycles. The van der Waals surface area contributed by atoms with Crippen molar-refractivity contribution in [2.24, 2.45) is 0 Å². The Morgan fingerprint density at radius 1 is 1.52 bits per heavy atom. The second-order valence-electron chi connectivity index (χ2n) is 5.35. The average molecular weight is 351 g/mol. The van der Waals surface area contributed by atoms with Crippen molar-refractivity contribution in [3.63, 3.8) is 0 Å². The fourth-order valence-corrected chi connectivity index (χ4v) is 3.12. The molecular formula is C16H19BrN2O2. The summed E-state index contributed by atoms with van der Waals surface area (Å²) in [7, 11) is 1.61. The summed E-state index contributed by atoms with van der Waals surface area (Å²) in [5, 5.41) is 0. The average Bonchev–Trinajstić information content (AvgIpc) is 2.45. The number of hydrogen-bond acceptors (Lipinski definition) is 2. The molecule has 0 fully saturated rings. The predicted molar refractivity (Wildman–Crippen MR) is 85.7 cm³/mol. The molecule has 1 aliphatic heterocycles. The summed E-state index contributed by atoms with van der Waals surface area (Å²) in [6, 6.07) is 6.24. The van der Waals surface area contributed by atoms with Gasteiger partial charge in [0.2, 0.25) is 11.8 Å². The summed E-state index contributed by atoms with van der Waals surface area (Å²) in [6.45, 7) is 6.13. The van der Waals surface area contributed by atoms with Crippen LogP contribution in [-0.4, -0.2) is 41.2 Å². The maximum atomic E-state index is 12.4. The van der Waals surface area contributed by atoms with Gasteiger partial charge in [-0.1, -0.05) is 34.6 Å². The Hall–Kier alpha value is -1.62. The van der Waals surface area contributed by atoms with Crippen LogP contribution in [0.1, 0.15) is 18.1 Å². The Labute approximate surface area is 133 Å². The Balaban J connectivity index is 2.14. The number of likely N-dealkylation sites (N-methyl/N-ethyl adjacent to an activating group) is 1. The van der Waals surface area contributed by atoms with Crippen LogP contribution in [-0.2, 0) is 22.6 Å². The van der Waals surface area contributed by atoms with Crippen LogP contribution < -0.4 is 0 Å². The second-order valence-corrected chi connectivity index (χ2v) is 6.21. The minimum absolute atomic E-state index is 0.0402. The lowest BCUT2D eigenvalue weighted by molar-refractivity contribution is -0.139. The summed E-state index contributed by atoms with van der Waals surface area (Å²) < 4.78 is 1.03. The zero-order valence-corrected chi connectivity index (χ0v) is 13.9. The molecule has 0 saturated carbocycles. The molecule has 1 aliphatic rings. The van der Waals surface area contributed by atoms with Crippen molar-refractivity contribution < 1.29 is 9.59 Å². The molecule has 2 rings (SSSR count). The predicted octanol–water partition coefficient (Wildman–Crippen LogP) is 2.37. The molecule has 4 nitrogen and oxygen atoms in total. The van der Waals surface area contributed by atoms with Crippen molar-refractivity contribution in [2.45, 2.75) is 25.9 Å². The highest BCUT2D eigenvalue weighted by Gasteiger charge is 2.28. The van der Waals surface area contributed by atoms with Crippen LogP contribution in [0.4, 0.5) is 0 Å². The van der Waals surface area contributed by atoms with Gasteiger partial charge in [0.1, 0.15) is 0 Å². The fourth-order valence-electron chi connectivity index (χ4n) is 2.59. The SMILES string of the molecule is C=CC(=O)N(C)CC(=O)N1Cc2c(Br)cccc2CC1C. The van der Waals surface area contributed by atoms with Crippen LogP contribution in [0.25, 0.3) is 0 Å². The third-order valence-electron chi connectivity index (χ3n) is 3.84. The molecule has 5 heteroatoms. The lowest BCUT2D eigenvalue weighted by Gasteiger charge is -2.36. The van der Waals surface area contributed by atoms with Crippen LogP contribution in [0.5, 0.6) is 0 Å². The van der Waals surface area contributed by atoms with Gasteiger partial charge < -0.3 is 9.80 Å². The number of rotatable bonds is 3. The lowest BCUT2D eigenvalue weighted by Crippen LogP contribution is -2.47. The molecular weight excluding hydrogens is 332 g/mol. The van der Waals surface area contributed by atoms with Crippen molar-refractivity contribution in [1.29, 1.82) is 0 Å². The quantitative estimate of drug-likeness (QED) is 0.785. The topological polar surface area (TPSA) is 40.6 Å². The molecule has 21 heavy (non-hydrogen) atoms. The zero-order valence-electron chi connectivity index (χ0n) is 12.3. The number of carbonyl (C=O) groups excluding carboxylic acids is 2. The van der Waals surface area contributed by atoms with E-state index in [-0.39, 0.29) is 24.4 Å². The largest absolute Gasteiger partial charge is 0.334 e. The van der Waals surface area contributed by atoms with Crippen molar-refractivity contribution in [2.75, 3.05) is 13.6 Å². The minimum atomic E-state index is -0.241. The maximum Gasteiger partial charge on any atom is 0.246 e. The number of carbonyl (C=O) groups is 2. The van der Waals surface area contributed by atoms with E-state index in [1.807, 2.05) is 24.0 Å². The number of nitrogens with zero attached hydrogens (tertiary/aromatic N) is 2. The Morgan fingerprint density at radius 2 is 2.24 bits per heavy atom. The van der Waals surface area contributed by atoms with Gasteiger partial charge in [0.15, 0.2) is 0 Å². The van der Waals surface area contributed by atoms with Crippen LogP contribution in [0.2, 0.25) is 0 Å². The summed E-state index contributed by atoms with van der Waals surface area (Å²) in [5.74, 6) is -0.281. The maximum absolute atomic E-state index is 12.4. The standard InChI is InChI=1S/C16H19BrN2O2/c1-4-15(20)18(3)10-16(21)19-9-13-12(8-11(19)2)6-5-7-14(13)17/h4-7,11H,1,8-10H2,2-3H3. The van der Waals surface area contributed by atoms with Gasteiger partial charge >= 0.3 is 0 Å². The summed E-state index contributed by atoms with van der Waals surface area (Å²) in [4.78, 5) is 27.2. The number of amides is 2. The van der Waals surface area contributed by atoms with Crippen molar-refractivity contribution in [3.8, 4) is 0 Å². The first-order chi connectivity index (χ1) is 9.93. The van der Waals surface area contributed by atoms with E-state index in [4.69, 9.17) is 0 Å². The number of benzene rings is 1. The first-order valence-corrected chi connectivity index (χ1v) is 7.66. The smallest absolute Gasteiger partial charge is 0.246 e. The van der Waals surface area contributed by atoms with Gasteiger partial charge in [-0.25, -0.2) is 0 Å². The van der Waals surface area contributed by atoms with E-state index in [1.54, 1.807) is 7.05 Å². The van der Waals surface area contributed by atoms with Crippen molar-refractivity contribution in [3.05, 3.63) is 46.5 Å². The molecule has 0 N–H and O–H groups in total. The monoisotopic (exact) mass is 350 g/mol. The van der Waals surface area contributed by atoms with Crippen LogP contribution in [0.3, 0.4) is 0 Å². The van der Waals surface area contributed by atoms with Gasteiger partial charge in [-0.15, -0.1) is 0 Å². The molecule has 1 aromatic carbocycles. The molecule has 0 spiro atoms. The minimum Gasteiger partial charge on any atom is -0.334 e. The van der Waals surface area contributed by atoms with Gasteiger partial charge in [0.25, 0.3) is 0 Å². The van der Waals surface area contributed by atoms with E-state index in [2.05, 4.69) is 28.6 Å². The molecule has 0 radical (unpaired) electrons. The number of fused-ring (bicyclic) bond motifs is 1. The third kappa shape index (κ3) is 3.35. The first kappa shape index (κ1) is 15.8. The third-order valence-corrected chi connectivity index (χ3v) is 4.58. The zero-order chi connectivity index (χ0) is 15.6. The van der Waals surface area contributed by atoms with Gasteiger partial charge in [-0.2, -0.15) is 0 Å². The first-order valence-electron chi connectivity index (χ1n) is 6.87. The molecule has 0 aliphatic carbocycles. The van der Waals surface area contributed by atoms with Crippen molar-refractivity contribution in [1.82, 2.24) is 9.80 Å². The van der Waals surface area contributed by atoms with Gasteiger partial charge in [-0.3, -0.25) is 9.59 Å². The van der Waals surface area contributed by atoms with E-state index >= 15 is 0 Å². The Kier molecular flexibility index (Phi) is 4.83. The summed E-state index contributed by atoms with van der Waals surface area (Å²) in [5.41, 5.74) is 2.43. The molecule has 1 atom stereocenters. The summed E-state index contributed by atoms with van der Waals surface area (Å²) >= 11 is 3.55. The van der Waals surface area contributed by atoms with Crippen LogP contribution >= 0.6 is 15.9 Å². The van der Waals surface area contributed by atoms with E-state index in [0.29, 0.717) is 6.54 Å². The number of hydrogen-bond donors (Lipinski definition) is 0. The normalized spacial score (nSPS) is 17.1. The van der Waals surface area contributed by atoms with E-state index < -0.39 is 0 Å². The Morgan fingerprint density at radius 3 is 2.90 bits per heavy atom. The molecule has 112 valence electrons. The molecule has 0 aromatic heterocycles. The van der Waals surface area contributed by atoms with E-state index in [0.717, 1.165) is 16.5 Å². The summed E-state index contributed by atoms with van der Waals surface area (Å²) in [6.07, 6.45) is 2.05. The van der Waals surface area contributed by atoms with Crippen molar-refractivity contribution >= 4 is 27.7 Å². The molecule has 0 saturated heterocycles. The van der Waals surface area contributed by atoms with Gasteiger partial charge in [0, 0.05) is 24.1 Å². The van der Waals surface area contributed by atoms with E-state index in [1.165, 1.54) is 16.5 Å². The van der Waals surface area contributed by atoms with Crippen LogP contribution in [0, 0.1) is 0 Å². The Bertz CT molecular complexity index is 586. The highest BCUT2D eigenvalue weighted by atomic mass is 79.9. The van der Waals surface area contributed by atoms with E-state index in [9.17, 15) is 9.59 Å². The van der Waals surface area contributed by atoms with Gasteiger partial charge in [0.05, 0.1) is 6.54 Å². The molecule has 0 bridgehead atoms.